The Labute approximate surface area is 176 Å². The number of hydrogen-bond donors (Lipinski definition) is 0. The summed E-state index contributed by atoms with van der Waals surface area (Å²) in [5.41, 5.74) is -0.421. The average Bonchev–Trinajstić information content (AvgIpc) is 2.62. The molecule has 4 nitrogen and oxygen atoms in total. The molecular formula is C25H40O4. The molecule has 0 heterocycles. The first kappa shape index (κ1) is 22.4. The van der Waals surface area contributed by atoms with Crippen molar-refractivity contribution in [2.45, 2.75) is 87.2 Å². The molecule has 0 aromatic carbocycles. The molecule has 0 saturated heterocycles. The molecule has 6 atom stereocenters. The molecule has 2 fully saturated rings. The second kappa shape index (κ2) is 6.59. The molecule has 29 heavy (non-hydrogen) atoms. The van der Waals surface area contributed by atoms with E-state index in [1.165, 1.54) is 7.11 Å². The lowest BCUT2D eigenvalue weighted by Crippen LogP contribution is -2.66. The largest absolute Gasteiger partial charge is 0.508 e. The Kier molecular flexibility index (Phi) is 5.08. The molecule has 0 aromatic rings. The van der Waals surface area contributed by atoms with E-state index in [0.29, 0.717) is 11.8 Å². The molecule has 5 unspecified atom stereocenters. The molecule has 3 rings (SSSR count). The molecule has 0 spiro atoms. The highest BCUT2D eigenvalue weighted by atomic mass is 16.7. The van der Waals surface area contributed by atoms with Crippen LogP contribution in [-0.2, 0) is 14.3 Å². The van der Waals surface area contributed by atoms with Gasteiger partial charge in [-0.25, -0.2) is 4.79 Å². The van der Waals surface area contributed by atoms with E-state index in [-0.39, 0.29) is 39.0 Å². The first-order valence-electron chi connectivity index (χ1n) is 11.2. The summed E-state index contributed by atoms with van der Waals surface area (Å²) in [7, 11) is 1.36. The van der Waals surface area contributed by atoms with Crippen LogP contribution in [0.5, 0.6) is 0 Å². The average molecular weight is 405 g/mol. The molecule has 0 amide bonds. The Morgan fingerprint density at radius 2 is 1.62 bits per heavy atom. The van der Waals surface area contributed by atoms with Gasteiger partial charge in [-0.1, -0.05) is 54.5 Å². The number of rotatable bonds is 2. The maximum Gasteiger partial charge on any atom is 0.508 e. The molecule has 164 valence electrons. The van der Waals surface area contributed by atoms with Gasteiger partial charge in [0.25, 0.3) is 0 Å². The molecule has 4 heteroatoms. The summed E-state index contributed by atoms with van der Waals surface area (Å²) in [5, 5.41) is 0. The summed E-state index contributed by atoms with van der Waals surface area (Å²) < 4.78 is 10.4. The van der Waals surface area contributed by atoms with Crippen molar-refractivity contribution in [3.05, 3.63) is 12.2 Å². The summed E-state index contributed by atoms with van der Waals surface area (Å²) in [6.45, 7) is 18.1. The van der Waals surface area contributed by atoms with Crippen molar-refractivity contribution in [3.63, 3.8) is 0 Å². The molecule has 0 aliphatic heterocycles. The number of carbonyl (C=O) groups excluding carboxylic acids is 2. The third kappa shape index (κ3) is 2.76. The lowest BCUT2D eigenvalue weighted by Gasteiger charge is -2.70. The fourth-order valence-corrected chi connectivity index (χ4v) is 7.69. The van der Waals surface area contributed by atoms with Crippen LogP contribution in [0.3, 0.4) is 0 Å². The smallest absolute Gasteiger partial charge is 0.438 e. The Morgan fingerprint density at radius 1 is 1.03 bits per heavy atom. The highest BCUT2D eigenvalue weighted by molar-refractivity contribution is 5.95. The van der Waals surface area contributed by atoms with E-state index >= 15 is 0 Å². The van der Waals surface area contributed by atoms with Crippen molar-refractivity contribution in [2.24, 2.45) is 38.9 Å². The maximum absolute atomic E-state index is 12.7. The van der Waals surface area contributed by atoms with Crippen molar-refractivity contribution in [1.29, 1.82) is 0 Å². The van der Waals surface area contributed by atoms with Gasteiger partial charge in [-0.2, -0.15) is 0 Å². The van der Waals surface area contributed by atoms with Gasteiger partial charge in [0.05, 0.1) is 7.11 Å². The van der Waals surface area contributed by atoms with Crippen molar-refractivity contribution in [2.75, 3.05) is 7.11 Å². The Hall–Kier alpha value is -1.32. The zero-order valence-corrected chi connectivity index (χ0v) is 19.8. The maximum atomic E-state index is 12.7. The Balaban J connectivity index is 2.03. The van der Waals surface area contributed by atoms with Crippen LogP contribution in [-0.4, -0.2) is 25.2 Å². The number of carbonyl (C=O) groups is 2. The van der Waals surface area contributed by atoms with E-state index in [0.717, 1.165) is 25.7 Å². The van der Waals surface area contributed by atoms with Gasteiger partial charge in [-0.15, -0.1) is 0 Å². The number of hydrogen-bond acceptors (Lipinski definition) is 4. The molecule has 0 aromatic heterocycles. The van der Waals surface area contributed by atoms with Gasteiger partial charge in [0.2, 0.25) is 0 Å². The first-order valence-corrected chi connectivity index (χ1v) is 11.2. The van der Waals surface area contributed by atoms with Gasteiger partial charge in [-0.05, 0) is 66.8 Å². The zero-order chi connectivity index (χ0) is 22.0. The van der Waals surface area contributed by atoms with Gasteiger partial charge < -0.3 is 9.47 Å². The van der Waals surface area contributed by atoms with Crippen LogP contribution >= 0.6 is 0 Å². The standard InChI is InChI=1S/C25H40O4/c1-16(29-20(27)28-9)24(7)14-11-18-23(6)13-12-19(26)21(2,3)17(23)10-15-25(18,8)22(24,4)5/h12-13,16-18H,10-11,14-15H2,1-9H3/t16-,17?,18?,23?,24?,25?/m0/s1. The highest BCUT2D eigenvalue weighted by Gasteiger charge is 2.68. The highest BCUT2D eigenvalue weighted by Crippen LogP contribution is 2.73. The van der Waals surface area contributed by atoms with E-state index in [2.05, 4.69) is 54.5 Å². The van der Waals surface area contributed by atoms with Gasteiger partial charge in [0.1, 0.15) is 6.10 Å². The molecule has 0 radical (unpaired) electrons. The minimum atomic E-state index is -0.604. The molecule has 2 saturated carbocycles. The number of ether oxygens (including phenoxy) is 2. The molecule has 0 N–H and O–H groups in total. The Bertz CT molecular complexity index is 735. The minimum absolute atomic E-state index is 0.00938. The fraction of sp³-hybridized carbons (Fsp3) is 0.840. The number of allylic oxidation sites excluding steroid dienone is 2. The van der Waals surface area contributed by atoms with E-state index in [1.807, 2.05) is 13.0 Å². The van der Waals surface area contributed by atoms with Crippen molar-refractivity contribution in [3.8, 4) is 0 Å². The third-order valence-electron chi connectivity index (χ3n) is 10.5. The van der Waals surface area contributed by atoms with E-state index < -0.39 is 6.16 Å². The van der Waals surface area contributed by atoms with Crippen LogP contribution in [0.25, 0.3) is 0 Å². The number of methoxy groups -OCH3 is 1. The Morgan fingerprint density at radius 3 is 2.21 bits per heavy atom. The summed E-state index contributed by atoms with van der Waals surface area (Å²) in [4.78, 5) is 24.5. The van der Waals surface area contributed by atoms with Crippen molar-refractivity contribution >= 4 is 11.9 Å². The van der Waals surface area contributed by atoms with Crippen LogP contribution in [0, 0.1) is 38.9 Å². The van der Waals surface area contributed by atoms with Crippen LogP contribution in [0.1, 0.15) is 81.1 Å². The summed E-state index contributed by atoms with van der Waals surface area (Å²) in [6, 6.07) is 0. The number of fused-ring (bicyclic) bond motifs is 3. The third-order valence-corrected chi connectivity index (χ3v) is 10.5. The molecular weight excluding hydrogens is 364 g/mol. The zero-order valence-electron chi connectivity index (χ0n) is 19.8. The second-order valence-corrected chi connectivity index (χ2v) is 11.6. The number of ketones is 1. The summed E-state index contributed by atoms with van der Waals surface area (Å²) in [5.74, 6) is 1.13. The quantitative estimate of drug-likeness (QED) is 0.515. The summed E-state index contributed by atoms with van der Waals surface area (Å²) in [6.07, 6.45) is 7.47. The van der Waals surface area contributed by atoms with E-state index in [4.69, 9.17) is 9.47 Å². The van der Waals surface area contributed by atoms with Crippen LogP contribution < -0.4 is 0 Å². The van der Waals surface area contributed by atoms with Gasteiger partial charge in [-0.3, -0.25) is 4.79 Å². The fourth-order valence-electron chi connectivity index (χ4n) is 7.69. The van der Waals surface area contributed by atoms with Gasteiger partial charge >= 0.3 is 6.16 Å². The predicted octanol–water partition coefficient (Wildman–Crippen LogP) is 6.19. The van der Waals surface area contributed by atoms with Gasteiger partial charge in [0.15, 0.2) is 5.78 Å². The summed E-state index contributed by atoms with van der Waals surface area (Å²) >= 11 is 0. The van der Waals surface area contributed by atoms with Crippen molar-refractivity contribution in [1.82, 2.24) is 0 Å². The van der Waals surface area contributed by atoms with Crippen LogP contribution in [0.15, 0.2) is 12.2 Å². The van der Waals surface area contributed by atoms with E-state index in [9.17, 15) is 9.59 Å². The first-order chi connectivity index (χ1) is 13.2. The topological polar surface area (TPSA) is 52.6 Å². The predicted molar refractivity (Wildman–Crippen MR) is 114 cm³/mol. The van der Waals surface area contributed by atoms with Crippen LogP contribution in [0.4, 0.5) is 4.79 Å². The normalized spacial score (nSPS) is 43.7. The van der Waals surface area contributed by atoms with Crippen LogP contribution in [0.2, 0.25) is 0 Å². The lowest BCUT2D eigenvalue weighted by molar-refractivity contribution is -0.223. The second-order valence-electron chi connectivity index (χ2n) is 11.6. The molecule has 3 aliphatic carbocycles. The van der Waals surface area contributed by atoms with Crippen molar-refractivity contribution < 1.29 is 19.1 Å². The monoisotopic (exact) mass is 404 g/mol. The lowest BCUT2D eigenvalue weighted by atomic mass is 9.34. The SMILES string of the molecule is COC(=O)O[C@@H](C)C1(C)CCC2C3(C)C=CC(=O)C(C)(C)C3CCC2(C)C1(C)C. The molecule has 3 aliphatic rings. The minimum Gasteiger partial charge on any atom is -0.438 e. The molecule has 0 bridgehead atoms. The van der Waals surface area contributed by atoms with Gasteiger partial charge in [0, 0.05) is 10.8 Å². The van der Waals surface area contributed by atoms with E-state index in [1.54, 1.807) is 0 Å².